The minimum absolute atomic E-state index is 0. The maximum absolute atomic E-state index is 4.40. The van der Waals surface area contributed by atoms with E-state index >= 15 is 0 Å². The van der Waals surface area contributed by atoms with Crippen molar-refractivity contribution in [3.8, 4) is 0 Å². The largest absolute Gasteiger partial charge is 1.00 e. The van der Waals surface area contributed by atoms with E-state index in [0.717, 1.165) is 0 Å². The monoisotopic (exact) mass is 202 g/mol. The van der Waals surface area contributed by atoms with Gasteiger partial charge in [-0.3, -0.25) is 0 Å². The summed E-state index contributed by atoms with van der Waals surface area (Å²) in [5.74, 6) is 0. The Labute approximate surface area is 100 Å². The van der Waals surface area contributed by atoms with Gasteiger partial charge in [-0.25, -0.2) is 0 Å². The molecule has 0 saturated carbocycles. The maximum Gasteiger partial charge on any atom is 1.00 e. The van der Waals surface area contributed by atoms with E-state index in [9.17, 15) is 0 Å². The van der Waals surface area contributed by atoms with Crippen LogP contribution in [0.3, 0.4) is 0 Å². The molecule has 0 saturated heterocycles. The van der Waals surface area contributed by atoms with Gasteiger partial charge in [0, 0.05) is 8.07 Å². The average molecular weight is 202 g/mol. The van der Waals surface area contributed by atoms with E-state index in [1.807, 2.05) is 6.20 Å². The van der Waals surface area contributed by atoms with E-state index in [1.54, 1.807) is 0 Å². The first-order chi connectivity index (χ1) is 6.20. The predicted octanol–water partition coefficient (Wildman–Crippen LogP) is -1.06. The van der Waals surface area contributed by atoms with Crippen molar-refractivity contribution in [3.63, 3.8) is 0 Å². The quantitative estimate of drug-likeness (QED) is 0.449. The van der Waals surface area contributed by atoms with Crippen molar-refractivity contribution < 1.29 is 18.9 Å². The average Bonchev–Trinajstić information content (AvgIpc) is 2.57. The minimum atomic E-state index is -1.27. The van der Waals surface area contributed by atoms with E-state index in [1.165, 1.54) is 23.6 Å². The second-order valence-electron chi connectivity index (χ2n) is 3.65. The van der Waals surface area contributed by atoms with Crippen molar-refractivity contribution in [1.29, 1.82) is 0 Å². The fourth-order valence-electron chi connectivity index (χ4n) is 2.03. The molecule has 0 aliphatic carbocycles. The molecule has 0 aromatic carbocycles. The topological polar surface area (TPSA) is 17.8 Å². The Balaban J connectivity index is 0.00000169. The van der Waals surface area contributed by atoms with Crippen molar-refractivity contribution in [1.82, 2.24) is 9.55 Å². The van der Waals surface area contributed by atoms with Gasteiger partial charge in [0.05, 0.1) is 0 Å². The first-order valence-electron chi connectivity index (χ1n) is 5.10. The number of aryl methyl sites for hydroxylation is 1. The van der Waals surface area contributed by atoms with Crippen LogP contribution >= 0.6 is 0 Å². The van der Waals surface area contributed by atoms with Crippen LogP contribution in [0.4, 0.5) is 0 Å². The van der Waals surface area contributed by atoms with E-state index in [0.29, 0.717) is 0 Å². The summed E-state index contributed by atoms with van der Waals surface area (Å²) >= 11 is 0. The zero-order valence-electron chi connectivity index (χ0n) is 10.1. The third kappa shape index (κ3) is 2.33. The molecule has 2 nitrogen and oxygen atoms in total. The molecular weight excluding hydrogens is 183 g/mol. The summed E-state index contributed by atoms with van der Waals surface area (Å²) in [7, 11) is 0.820. The first-order valence-corrected chi connectivity index (χ1v) is 7.72. The summed E-state index contributed by atoms with van der Waals surface area (Å²) in [6, 6.07) is 3.87. The van der Waals surface area contributed by atoms with Gasteiger partial charge in [0.1, 0.15) is 0 Å². The number of hydrogen-bond donors (Lipinski definition) is 0. The molecule has 1 heterocycles. The van der Waals surface area contributed by atoms with Crippen LogP contribution in [0.5, 0.6) is 0 Å². The molecule has 74 valence electrons. The normalized spacial score (nSPS) is 11.1. The molecule has 0 aliphatic heterocycles. The van der Waals surface area contributed by atoms with E-state index in [4.69, 9.17) is 0 Å². The smallest absolute Gasteiger partial charge is 0.442 e. The SMILES string of the molecule is CC[Si](CC)(CC)c1n[c-]cn1C.[Li+]. The fourth-order valence-corrected chi connectivity index (χ4v) is 5.60. The number of aromatic nitrogens is 2. The molecule has 1 rings (SSSR count). The molecule has 0 aliphatic rings. The van der Waals surface area contributed by atoms with Gasteiger partial charge < -0.3 is 9.55 Å². The Morgan fingerprint density at radius 1 is 1.29 bits per heavy atom. The number of imidazole rings is 1. The summed E-state index contributed by atoms with van der Waals surface area (Å²) < 4.78 is 2.16. The molecule has 0 unspecified atom stereocenters. The molecule has 0 radical (unpaired) electrons. The van der Waals surface area contributed by atoms with Crippen LogP contribution in [0.15, 0.2) is 6.20 Å². The van der Waals surface area contributed by atoms with Gasteiger partial charge in [0.2, 0.25) is 0 Å². The molecule has 0 bridgehead atoms. The third-order valence-corrected chi connectivity index (χ3v) is 8.73. The van der Waals surface area contributed by atoms with Crippen LogP contribution in [0.1, 0.15) is 20.8 Å². The molecule has 4 heteroatoms. The molecule has 0 amide bonds. The second kappa shape index (κ2) is 5.80. The van der Waals surface area contributed by atoms with Crippen LogP contribution in [0, 0.1) is 6.20 Å². The van der Waals surface area contributed by atoms with Gasteiger partial charge in [-0.2, -0.15) is 0 Å². The Morgan fingerprint density at radius 2 is 1.79 bits per heavy atom. The van der Waals surface area contributed by atoms with Crippen LogP contribution in [-0.4, -0.2) is 17.6 Å². The van der Waals surface area contributed by atoms with Crippen molar-refractivity contribution >= 4 is 13.5 Å². The van der Waals surface area contributed by atoms with Crippen molar-refractivity contribution in [3.05, 3.63) is 12.4 Å². The van der Waals surface area contributed by atoms with Gasteiger partial charge in [0.15, 0.2) is 0 Å². The standard InChI is InChI=1S/C10H19N2Si.Li/c1-5-13(6-2,7-3)10-11-8-9-12(10)4;/h9H,5-7H2,1-4H3;/q-1;+1. The van der Waals surface area contributed by atoms with Gasteiger partial charge in [-0.15, -0.1) is 6.20 Å². The Kier molecular flexibility index (Phi) is 5.81. The van der Waals surface area contributed by atoms with Crippen LogP contribution < -0.4 is 24.3 Å². The van der Waals surface area contributed by atoms with Crippen molar-refractivity contribution in [2.45, 2.75) is 38.9 Å². The zero-order valence-corrected chi connectivity index (χ0v) is 11.1. The molecule has 0 spiro atoms. The third-order valence-electron chi connectivity index (χ3n) is 3.26. The van der Waals surface area contributed by atoms with Crippen LogP contribution in [-0.2, 0) is 7.05 Å². The Hall–Kier alpha value is 0.0243. The number of nitrogens with zero attached hydrogens (tertiary/aromatic N) is 2. The minimum Gasteiger partial charge on any atom is -0.442 e. The van der Waals surface area contributed by atoms with Crippen LogP contribution in [0.2, 0.25) is 18.1 Å². The van der Waals surface area contributed by atoms with E-state index in [-0.39, 0.29) is 18.9 Å². The number of rotatable bonds is 4. The number of hydrogen-bond acceptors (Lipinski definition) is 1. The van der Waals surface area contributed by atoms with Crippen LogP contribution in [0.25, 0.3) is 0 Å². The molecule has 0 N–H and O–H groups in total. The van der Waals surface area contributed by atoms with E-state index < -0.39 is 8.07 Å². The molecular formula is C10H19LiN2Si. The molecule has 1 aromatic heterocycles. The van der Waals surface area contributed by atoms with Crippen molar-refractivity contribution in [2.24, 2.45) is 7.05 Å². The molecule has 14 heavy (non-hydrogen) atoms. The summed E-state index contributed by atoms with van der Waals surface area (Å²) in [6.45, 7) is 6.90. The zero-order chi connectivity index (χ0) is 9.90. The molecule has 0 fully saturated rings. The van der Waals surface area contributed by atoms with Gasteiger partial charge >= 0.3 is 18.9 Å². The van der Waals surface area contributed by atoms with Gasteiger partial charge in [-0.05, 0) is 7.05 Å². The van der Waals surface area contributed by atoms with Gasteiger partial charge in [-0.1, -0.05) is 50.5 Å². The molecule has 1 aromatic rings. The van der Waals surface area contributed by atoms with Gasteiger partial charge in [0.25, 0.3) is 0 Å². The fraction of sp³-hybridized carbons (Fsp3) is 0.700. The predicted molar refractivity (Wildman–Crippen MR) is 58.9 cm³/mol. The molecule has 0 atom stereocenters. The Bertz CT molecular complexity index is 261. The summed E-state index contributed by atoms with van der Waals surface area (Å²) in [5, 5.41) is 0. The van der Waals surface area contributed by atoms with Crippen molar-refractivity contribution in [2.75, 3.05) is 0 Å². The second-order valence-corrected chi connectivity index (χ2v) is 8.77. The summed E-state index contributed by atoms with van der Waals surface area (Å²) in [6.07, 6.45) is 4.90. The first kappa shape index (κ1) is 14.0. The Morgan fingerprint density at radius 3 is 2.07 bits per heavy atom. The van der Waals surface area contributed by atoms with E-state index in [2.05, 4.69) is 43.6 Å². The maximum atomic E-state index is 4.40. The summed E-state index contributed by atoms with van der Waals surface area (Å²) in [5.41, 5.74) is 1.32. The summed E-state index contributed by atoms with van der Waals surface area (Å²) in [4.78, 5) is 4.40.